The molecule has 1 aliphatic heterocycles. The molecule has 1 heterocycles. The van der Waals surface area contributed by atoms with Crippen LogP contribution in [0.25, 0.3) is 0 Å². The van der Waals surface area contributed by atoms with Gasteiger partial charge in [-0.15, -0.1) is 0 Å². The number of rotatable bonds is 3. The van der Waals surface area contributed by atoms with Gasteiger partial charge in [0.15, 0.2) is 0 Å². The minimum atomic E-state index is -0.805. The van der Waals surface area contributed by atoms with Gasteiger partial charge in [-0.2, -0.15) is 0 Å². The Labute approximate surface area is 134 Å². The van der Waals surface area contributed by atoms with E-state index in [0.717, 1.165) is 18.4 Å². The number of carboxylic acid groups (broad SMARTS) is 1. The number of benzene rings is 1. The SMILES string of the molecule is CN1CC(=O)N(c2ccc(C3(C(=O)O)CCCC3)cc2)CC1=O. The van der Waals surface area contributed by atoms with E-state index in [1.165, 1.54) is 9.80 Å². The fraction of sp³-hybridized carbons (Fsp3) is 0.471. The highest BCUT2D eigenvalue weighted by atomic mass is 16.4. The van der Waals surface area contributed by atoms with Gasteiger partial charge in [0.1, 0.15) is 6.54 Å². The van der Waals surface area contributed by atoms with Gasteiger partial charge < -0.3 is 14.9 Å². The molecule has 2 fully saturated rings. The highest BCUT2D eigenvalue weighted by molar-refractivity contribution is 6.04. The number of carbonyl (C=O) groups is 3. The Bertz CT molecular complexity index is 647. The number of aliphatic carboxylic acids is 1. The van der Waals surface area contributed by atoms with Crippen molar-refractivity contribution < 1.29 is 19.5 Å². The molecule has 6 nitrogen and oxygen atoms in total. The maximum atomic E-state index is 12.1. The summed E-state index contributed by atoms with van der Waals surface area (Å²) in [5.41, 5.74) is 0.610. The lowest BCUT2D eigenvalue weighted by Gasteiger charge is -2.32. The van der Waals surface area contributed by atoms with Gasteiger partial charge in [-0.1, -0.05) is 25.0 Å². The molecule has 0 aromatic heterocycles. The van der Waals surface area contributed by atoms with Crippen LogP contribution in [0, 0.1) is 0 Å². The summed E-state index contributed by atoms with van der Waals surface area (Å²) in [6.45, 7) is 0.0956. The second kappa shape index (κ2) is 5.68. The van der Waals surface area contributed by atoms with Crippen molar-refractivity contribution in [2.75, 3.05) is 25.0 Å². The van der Waals surface area contributed by atoms with Crippen LogP contribution in [0.15, 0.2) is 24.3 Å². The van der Waals surface area contributed by atoms with Gasteiger partial charge in [-0.25, -0.2) is 0 Å². The number of hydrogen-bond donors (Lipinski definition) is 1. The summed E-state index contributed by atoms with van der Waals surface area (Å²) in [4.78, 5) is 38.5. The van der Waals surface area contributed by atoms with Crippen molar-refractivity contribution in [3.8, 4) is 0 Å². The highest BCUT2D eigenvalue weighted by Crippen LogP contribution is 2.41. The average molecular weight is 316 g/mol. The topological polar surface area (TPSA) is 77.9 Å². The average Bonchev–Trinajstić information content (AvgIpc) is 3.02. The maximum Gasteiger partial charge on any atom is 0.314 e. The zero-order valence-electron chi connectivity index (χ0n) is 13.1. The number of carbonyl (C=O) groups excluding carboxylic acids is 2. The predicted molar refractivity (Wildman–Crippen MR) is 84.2 cm³/mol. The third-order valence-electron chi connectivity index (χ3n) is 4.99. The summed E-state index contributed by atoms with van der Waals surface area (Å²) in [6, 6.07) is 7.05. The van der Waals surface area contributed by atoms with E-state index in [1.54, 1.807) is 31.3 Å². The summed E-state index contributed by atoms with van der Waals surface area (Å²) >= 11 is 0. The van der Waals surface area contributed by atoms with Gasteiger partial charge in [-0.05, 0) is 30.5 Å². The predicted octanol–water partition coefficient (Wildman–Crippen LogP) is 1.39. The van der Waals surface area contributed by atoms with Crippen molar-refractivity contribution in [3.05, 3.63) is 29.8 Å². The molecule has 23 heavy (non-hydrogen) atoms. The molecule has 0 spiro atoms. The molecule has 1 saturated carbocycles. The lowest BCUT2D eigenvalue weighted by atomic mass is 9.79. The Morgan fingerprint density at radius 1 is 1.04 bits per heavy atom. The van der Waals surface area contributed by atoms with E-state index in [-0.39, 0.29) is 24.9 Å². The first-order valence-corrected chi connectivity index (χ1v) is 7.82. The lowest BCUT2D eigenvalue weighted by Crippen LogP contribution is -2.52. The smallest absolute Gasteiger partial charge is 0.314 e. The Balaban J connectivity index is 1.86. The van der Waals surface area contributed by atoms with Crippen LogP contribution in [0.1, 0.15) is 31.2 Å². The number of piperazine rings is 1. The second-order valence-electron chi connectivity index (χ2n) is 6.37. The van der Waals surface area contributed by atoms with E-state index in [9.17, 15) is 19.5 Å². The summed E-state index contributed by atoms with van der Waals surface area (Å²) in [5.74, 6) is -1.02. The van der Waals surface area contributed by atoms with Crippen LogP contribution in [-0.4, -0.2) is 47.9 Å². The van der Waals surface area contributed by atoms with Crippen molar-refractivity contribution in [1.29, 1.82) is 0 Å². The maximum absolute atomic E-state index is 12.1. The minimum Gasteiger partial charge on any atom is -0.481 e. The first-order valence-electron chi connectivity index (χ1n) is 7.82. The molecule has 1 aromatic rings. The molecule has 6 heteroatoms. The molecule has 2 amide bonds. The van der Waals surface area contributed by atoms with Gasteiger partial charge in [0.05, 0.1) is 12.0 Å². The molecule has 0 bridgehead atoms. The number of likely N-dealkylation sites (N-methyl/N-ethyl adjacent to an activating group) is 1. The van der Waals surface area contributed by atoms with Crippen molar-refractivity contribution in [2.45, 2.75) is 31.1 Å². The van der Waals surface area contributed by atoms with Crippen LogP contribution in [-0.2, 0) is 19.8 Å². The van der Waals surface area contributed by atoms with Crippen molar-refractivity contribution in [2.24, 2.45) is 0 Å². The standard InChI is InChI=1S/C17H20N2O4/c1-18-10-15(21)19(11-14(18)20)13-6-4-12(5-7-13)17(16(22)23)8-2-3-9-17/h4-7H,2-3,8-11H2,1H3,(H,22,23). The zero-order chi connectivity index (χ0) is 16.6. The van der Waals surface area contributed by atoms with Crippen molar-refractivity contribution in [3.63, 3.8) is 0 Å². The van der Waals surface area contributed by atoms with E-state index in [0.29, 0.717) is 18.5 Å². The molecule has 3 rings (SSSR count). The van der Waals surface area contributed by atoms with Crippen LogP contribution in [0.5, 0.6) is 0 Å². The van der Waals surface area contributed by atoms with Crippen molar-refractivity contribution >= 4 is 23.5 Å². The minimum absolute atomic E-state index is 0.0265. The molecular weight excluding hydrogens is 296 g/mol. The van der Waals surface area contributed by atoms with Gasteiger partial charge in [0.25, 0.3) is 0 Å². The molecule has 1 saturated heterocycles. The molecule has 1 N–H and O–H groups in total. The summed E-state index contributed by atoms with van der Waals surface area (Å²) in [6.07, 6.45) is 3.13. The zero-order valence-corrected chi connectivity index (χ0v) is 13.1. The van der Waals surface area contributed by atoms with Crippen molar-refractivity contribution in [1.82, 2.24) is 4.90 Å². The molecule has 0 atom stereocenters. The Morgan fingerprint density at radius 3 is 2.22 bits per heavy atom. The second-order valence-corrected chi connectivity index (χ2v) is 6.37. The Hall–Kier alpha value is -2.37. The summed E-state index contributed by atoms with van der Waals surface area (Å²) in [5, 5.41) is 9.63. The fourth-order valence-electron chi connectivity index (χ4n) is 3.52. The van der Waals surface area contributed by atoms with E-state index in [1.807, 2.05) is 0 Å². The molecule has 1 aromatic carbocycles. The Kier molecular flexibility index (Phi) is 3.83. The number of carboxylic acids is 1. The van der Waals surface area contributed by atoms with E-state index in [2.05, 4.69) is 0 Å². The van der Waals surface area contributed by atoms with Crippen LogP contribution in [0.4, 0.5) is 5.69 Å². The molecule has 0 radical (unpaired) electrons. The molecule has 122 valence electrons. The van der Waals surface area contributed by atoms with Gasteiger partial charge >= 0.3 is 5.97 Å². The number of nitrogens with zero attached hydrogens (tertiary/aromatic N) is 2. The lowest BCUT2D eigenvalue weighted by molar-refractivity contribution is -0.143. The summed E-state index contributed by atoms with van der Waals surface area (Å²) in [7, 11) is 1.61. The summed E-state index contributed by atoms with van der Waals surface area (Å²) < 4.78 is 0. The van der Waals surface area contributed by atoms with E-state index >= 15 is 0 Å². The van der Waals surface area contributed by atoms with Gasteiger partial charge in [-0.3, -0.25) is 14.4 Å². The first-order chi connectivity index (χ1) is 10.9. The number of anilines is 1. The van der Waals surface area contributed by atoms with Crippen LogP contribution in [0.3, 0.4) is 0 Å². The molecular formula is C17H20N2O4. The molecule has 2 aliphatic rings. The van der Waals surface area contributed by atoms with Crippen LogP contribution >= 0.6 is 0 Å². The van der Waals surface area contributed by atoms with Crippen LogP contribution in [0.2, 0.25) is 0 Å². The van der Waals surface area contributed by atoms with Crippen LogP contribution < -0.4 is 4.90 Å². The monoisotopic (exact) mass is 316 g/mol. The molecule has 1 aliphatic carbocycles. The quantitative estimate of drug-likeness (QED) is 0.914. The first kappa shape index (κ1) is 15.5. The van der Waals surface area contributed by atoms with E-state index < -0.39 is 11.4 Å². The Morgan fingerprint density at radius 2 is 1.65 bits per heavy atom. The highest BCUT2D eigenvalue weighted by Gasteiger charge is 2.42. The normalized spacial score (nSPS) is 20.9. The largest absolute Gasteiger partial charge is 0.481 e. The van der Waals surface area contributed by atoms with Gasteiger partial charge in [0, 0.05) is 12.7 Å². The molecule has 0 unspecified atom stereocenters. The van der Waals surface area contributed by atoms with Gasteiger partial charge in [0.2, 0.25) is 11.8 Å². The number of amides is 2. The van der Waals surface area contributed by atoms with E-state index in [4.69, 9.17) is 0 Å². The third kappa shape index (κ3) is 2.58. The fourth-order valence-corrected chi connectivity index (χ4v) is 3.52. The number of hydrogen-bond acceptors (Lipinski definition) is 3. The third-order valence-corrected chi connectivity index (χ3v) is 4.99.